The van der Waals surface area contributed by atoms with Crippen molar-refractivity contribution in [2.75, 3.05) is 17.7 Å². The standard InChI is InChI=1S/C27H26F3N5O5/c1-39-25(37)19-9-7-18(8-10-19)15-32-16-24(40-31)35-26(38)34-22-13-20(27(28,29)30)12-21(14-22)33-23(36)11-17-5-3-2-4-6-17/h2-10,12-14,16,32H,11,15,31H2,1H3,(H,33,36)(H2,34,35,38)/b24-16-. The summed E-state index contributed by atoms with van der Waals surface area (Å²) in [6, 6.07) is 16.9. The molecule has 0 saturated heterocycles. The van der Waals surface area contributed by atoms with Crippen molar-refractivity contribution in [2.24, 2.45) is 5.90 Å². The van der Waals surface area contributed by atoms with Crippen LogP contribution in [-0.4, -0.2) is 25.0 Å². The first-order valence-electron chi connectivity index (χ1n) is 11.7. The van der Waals surface area contributed by atoms with E-state index in [9.17, 15) is 27.6 Å². The van der Waals surface area contributed by atoms with E-state index in [1.165, 1.54) is 19.4 Å². The van der Waals surface area contributed by atoms with Crippen molar-refractivity contribution in [3.63, 3.8) is 0 Å². The van der Waals surface area contributed by atoms with Gasteiger partial charge in [0, 0.05) is 17.9 Å². The fourth-order valence-corrected chi connectivity index (χ4v) is 3.43. The zero-order valence-electron chi connectivity index (χ0n) is 21.2. The maximum absolute atomic E-state index is 13.5. The number of hydrogen-bond donors (Lipinski definition) is 5. The molecule has 0 aliphatic rings. The van der Waals surface area contributed by atoms with E-state index in [4.69, 9.17) is 5.90 Å². The number of benzene rings is 3. The lowest BCUT2D eigenvalue weighted by Crippen LogP contribution is -2.31. The third kappa shape index (κ3) is 9.06. The highest BCUT2D eigenvalue weighted by atomic mass is 19.4. The molecular formula is C27H26F3N5O5. The van der Waals surface area contributed by atoms with Gasteiger partial charge < -0.3 is 25.5 Å². The molecule has 0 heterocycles. The summed E-state index contributed by atoms with van der Waals surface area (Å²) in [5.74, 6) is 3.93. The summed E-state index contributed by atoms with van der Waals surface area (Å²) >= 11 is 0. The highest BCUT2D eigenvalue weighted by Gasteiger charge is 2.31. The molecule has 0 fully saturated rings. The van der Waals surface area contributed by atoms with E-state index in [-0.39, 0.29) is 30.2 Å². The Kier molecular flexibility index (Phi) is 10.1. The molecule has 0 unspecified atom stereocenters. The molecule has 3 aromatic carbocycles. The van der Waals surface area contributed by atoms with Gasteiger partial charge in [-0.05, 0) is 41.5 Å². The van der Waals surface area contributed by atoms with Crippen LogP contribution >= 0.6 is 0 Å². The number of alkyl halides is 3. The molecule has 10 nitrogen and oxygen atoms in total. The van der Waals surface area contributed by atoms with Crippen LogP contribution in [0.3, 0.4) is 0 Å². The fourth-order valence-electron chi connectivity index (χ4n) is 3.43. The summed E-state index contributed by atoms with van der Waals surface area (Å²) in [4.78, 5) is 40.9. The molecule has 0 bridgehead atoms. The molecule has 0 aliphatic heterocycles. The molecular weight excluding hydrogens is 531 g/mol. The largest absolute Gasteiger partial charge is 0.465 e. The van der Waals surface area contributed by atoms with Gasteiger partial charge in [-0.2, -0.15) is 19.1 Å². The first kappa shape index (κ1) is 29.5. The van der Waals surface area contributed by atoms with E-state index in [1.807, 2.05) is 0 Å². The Morgan fingerprint density at radius 1 is 0.900 bits per heavy atom. The quantitative estimate of drug-likeness (QED) is 0.142. The number of ether oxygens (including phenoxy) is 1. The maximum Gasteiger partial charge on any atom is 0.416 e. The molecule has 40 heavy (non-hydrogen) atoms. The lowest BCUT2D eigenvalue weighted by molar-refractivity contribution is -0.137. The number of carbonyl (C=O) groups excluding carboxylic acids is 3. The van der Waals surface area contributed by atoms with Crippen LogP contribution in [0.25, 0.3) is 0 Å². The fraction of sp³-hybridized carbons (Fsp3) is 0.148. The number of nitrogens with two attached hydrogens (primary N) is 1. The summed E-state index contributed by atoms with van der Waals surface area (Å²) in [6.07, 6.45) is -3.56. The first-order valence-corrected chi connectivity index (χ1v) is 11.7. The Morgan fingerprint density at radius 2 is 1.55 bits per heavy atom. The van der Waals surface area contributed by atoms with Crippen molar-refractivity contribution in [3.8, 4) is 0 Å². The van der Waals surface area contributed by atoms with E-state index in [0.29, 0.717) is 11.1 Å². The van der Waals surface area contributed by atoms with Crippen LogP contribution in [-0.2, 0) is 33.5 Å². The molecule has 0 saturated carbocycles. The summed E-state index contributed by atoms with van der Waals surface area (Å²) in [6.45, 7) is 0.261. The minimum Gasteiger partial charge on any atom is -0.465 e. The highest BCUT2D eigenvalue weighted by molar-refractivity contribution is 5.95. The Morgan fingerprint density at radius 3 is 2.15 bits per heavy atom. The van der Waals surface area contributed by atoms with Crippen LogP contribution in [0.5, 0.6) is 0 Å². The van der Waals surface area contributed by atoms with Crippen molar-refractivity contribution in [1.29, 1.82) is 0 Å². The van der Waals surface area contributed by atoms with Gasteiger partial charge in [0.25, 0.3) is 0 Å². The Balaban J connectivity index is 1.63. The molecule has 0 aromatic heterocycles. The van der Waals surface area contributed by atoms with Crippen LogP contribution in [0.15, 0.2) is 84.9 Å². The Labute approximate surface area is 227 Å². The minimum absolute atomic E-state index is 0.0508. The molecule has 3 rings (SSSR count). The van der Waals surface area contributed by atoms with Gasteiger partial charge in [-0.1, -0.05) is 42.5 Å². The second-order valence-corrected chi connectivity index (χ2v) is 8.28. The smallest absolute Gasteiger partial charge is 0.416 e. The van der Waals surface area contributed by atoms with Gasteiger partial charge in [0.05, 0.1) is 30.9 Å². The van der Waals surface area contributed by atoms with Gasteiger partial charge in [-0.15, -0.1) is 0 Å². The van der Waals surface area contributed by atoms with E-state index in [0.717, 1.165) is 17.7 Å². The topological polar surface area (TPSA) is 144 Å². The summed E-state index contributed by atoms with van der Waals surface area (Å²) < 4.78 is 45.1. The van der Waals surface area contributed by atoms with Gasteiger partial charge in [0.15, 0.2) is 0 Å². The molecule has 6 N–H and O–H groups in total. The number of methoxy groups -OCH3 is 1. The Bertz CT molecular complexity index is 1360. The number of rotatable bonds is 10. The van der Waals surface area contributed by atoms with E-state index in [1.54, 1.807) is 54.6 Å². The lowest BCUT2D eigenvalue weighted by atomic mass is 10.1. The maximum atomic E-state index is 13.5. The zero-order chi connectivity index (χ0) is 29.1. The first-order chi connectivity index (χ1) is 19.1. The van der Waals surface area contributed by atoms with Gasteiger partial charge in [-0.3, -0.25) is 10.1 Å². The monoisotopic (exact) mass is 557 g/mol. The molecule has 0 spiro atoms. The summed E-state index contributed by atoms with van der Waals surface area (Å²) in [5, 5.41) is 9.78. The number of nitrogens with one attached hydrogen (secondary N) is 4. The van der Waals surface area contributed by atoms with E-state index >= 15 is 0 Å². The normalized spacial score (nSPS) is 11.3. The van der Waals surface area contributed by atoms with E-state index in [2.05, 4.69) is 30.8 Å². The number of urea groups is 1. The average Bonchev–Trinajstić information content (AvgIpc) is 2.92. The third-order valence-electron chi connectivity index (χ3n) is 5.29. The predicted octanol–water partition coefficient (Wildman–Crippen LogP) is 4.27. The second kappa shape index (κ2) is 13.7. The molecule has 3 aromatic rings. The summed E-state index contributed by atoms with van der Waals surface area (Å²) in [7, 11) is 1.27. The van der Waals surface area contributed by atoms with Crippen molar-refractivity contribution < 1.29 is 37.1 Å². The lowest BCUT2D eigenvalue weighted by Gasteiger charge is -2.15. The molecule has 3 amide bonds. The van der Waals surface area contributed by atoms with Crippen molar-refractivity contribution in [2.45, 2.75) is 19.1 Å². The molecule has 0 radical (unpaired) electrons. The Hall–Kier alpha value is -5.04. The van der Waals surface area contributed by atoms with Gasteiger partial charge in [0.2, 0.25) is 11.8 Å². The van der Waals surface area contributed by atoms with Crippen LogP contribution in [0.1, 0.15) is 27.0 Å². The van der Waals surface area contributed by atoms with Crippen LogP contribution < -0.4 is 27.2 Å². The minimum atomic E-state index is -4.74. The molecule has 0 aliphatic carbocycles. The van der Waals surface area contributed by atoms with E-state index < -0.39 is 29.6 Å². The third-order valence-corrected chi connectivity index (χ3v) is 5.29. The van der Waals surface area contributed by atoms with Crippen LogP contribution in [0, 0.1) is 0 Å². The SMILES string of the molecule is COC(=O)c1ccc(CN/C=C(/NC(=O)Nc2cc(NC(=O)Cc3ccccc3)cc(C(F)(F)F)c2)ON)cc1. The van der Waals surface area contributed by atoms with Crippen molar-refractivity contribution in [1.82, 2.24) is 10.6 Å². The number of carbonyl (C=O) groups is 3. The average molecular weight is 558 g/mol. The van der Waals surface area contributed by atoms with Gasteiger partial charge in [0.1, 0.15) is 0 Å². The van der Waals surface area contributed by atoms with Gasteiger partial charge in [-0.25, -0.2) is 9.59 Å². The van der Waals surface area contributed by atoms with Crippen LogP contribution in [0.4, 0.5) is 29.3 Å². The van der Waals surface area contributed by atoms with Crippen molar-refractivity contribution in [3.05, 3.63) is 107 Å². The number of hydrogen-bond acceptors (Lipinski definition) is 7. The van der Waals surface area contributed by atoms with Crippen molar-refractivity contribution >= 4 is 29.3 Å². The van der Waals surface area contributed by atoms with Gasteiger partial charge >= 0.3 is 18.2 Å². The predicted molar refractivity (Wildman–Crippen MR) is 140 cm³/mol. The summed E-state index contributed by atoms with van der Waals surface area (Å²) in [5.41, 5.74) is 0.355. The zero-order valence-corrected chi connectivity index (χ0v) is 21.2. The highest BCUT2D eigenvalue weighted by Crippen LogP contribution is 2.33. The number of halogens is 3. The number of amides is 3. The van der Waals surface area contributed by atoms with Crippen LogP contribution in [0.2, 0.25) is 0 Å². The second-order valence-electron chi connectivity index (χ2n) is 8.28. The molecule has 210 valence electrons. The molecule has 0 atom stereocenters. The number of esters is 1. The molecule has 13 heteroatoms. The number of anilines is 2.